The molecule has 0 aliphatic carbocycles. The second-order valence-electron chi connectivity index (χ2n) is 9.34. The first-order chi connectivity index (χ1) is 19.6. The van der Waals surface area contributed by atoms with Gasteiger partial charge in [0, 0.05) is 13.1 Å². The Balaban J connectivity index is 2.03. The van der Waals surface area contributed by atoms with Crippen molar-refractivity contribution in [3.63, 3.8) is 0 Å². The van der Waals surface area contributed by atoms with Gasteiger partial charge in [0.1, 0.15) is 24.1 Å². The molecule has 0 radical (unpaired) electrons. The van der Waals surface area contributed by atoms with Gasteiger partial charge in [-0.2, -0.15) is 0 Å². The van der Waals surface area contributed by atoms with Gasteiger partial charge in [-0.3, -0.25) is 13.9 Å². The topological polar surface area (TPSA) is 105 Å². The fourth-order valence-corrected chi connectivity index (χ4v) is 5.82. The molecule has 0 fully saturated rings. The molecular weight excluding hydrogens is 566 g/mol. The van der Waals surface area contributed by atoms with Crippen LogP contribution in [0.4, 0.5) is 5.69 Å². The largest absolute Gasteiger partial charge is 0.497 e. The highest BCUT2D eigenvalue weighted by atomic mass is 35.5. The fourth-order valence-electron chi connectivity index (χ4n) is 4.15. The third kappa shape index (κ3) is 8.14. The summed E-state index contributed by atoms with van der Waals surface area (Å²) in [6, 6.07) is 18.6. The molecular formula is C30H36ClN3O6S. The molecule has 0 bridgehead atoms. The first kappa shape index (κ1) is 31.8. The minimum atomic E-state index is -4.20. The summed E-state index contributed by atoms with van der Waals surface area (Å²) < 4.78 is 39.3. The fraction of sp³-hybridized carbons (Fsp3) is 0.333. The number of ether oxygens (including phenoxy) is 2. The molecule has 220 valence electrons. The molecule has 0 unspecified atom stereocenters. The van der Waals surface area contributed by atoms with Crippen LogP contribution in [0.3, 0.4) is 0 Å². The first-order valence-corrected chi connectivity index (χ1v) is 15.1. The highest BCUT2D eigenvalue weighted by Gasteiger charge is 2.32. The van der Waals surface area contributed by atoms with Crippen molar-refractivity contribution in [3.8, 4) is 11.5 Å². The molecule has 0 aliphatic heterocycles. The van der Waals surface area contributed by atoms with Crippen LogP contribution in [0.15, 0.2) is 77.7 Å². The summed E-state index contributed by atoms with van der Waals surface area (Å²) in [6.45, 7) is 3.60. The van der Waals surface area contributed by atoms with E-state index in [0.717, 1.165) is 22.7 Å². The maximum Gasteiger partial charge on any atom is 0.264 e. The lowest BCUT2D eigenvalue weighted by molar-refractivity contribution is -0.139. The third-order valence-electron chi connectivity index (χ3n) is 6.52. The smallest absolute Gasteiger partial charge is 0.264 e. The van der Waals surface area contributed by atoms with E-state index in [1.807, 2.05) is 13.0 Å². The van der Waals surface area contributed by atoms with E-state index in [2.05, 4.69) is 5.32 Å². The van der Waals surface area contributed by atoms with Gasteiger partial charge >= 0.3 is 0 Å². The molecule has 11 heteroatoms. The Kier molecular flexibility index (Phi) is 11.4. The summed E-state index contributed by atoms with van der Waals surface area (Å²) in [7, 11) is -1.21. The van der Waals surface area contributed by atoms with Gasteiger partial charge in [-0.05, 0) is 61.4 Å². The van der Waals surface area contributed by atoms with Crippen LogP contribution in [0.1, 0.15) is 32.3 Å². The van der Waals surface area contributed by atoms with Crippen molar-refractivity contribution in [1.29, 1.82) is 0 Å². The Morgan fingerprint density at radius 2 is 1.71 bits per heavy atom. The van der Waals surface area contributed by atoms with Gasteiger partial charge in [0.05, 0.1) is 29.8 Å². The number of sulfonamides is 1. The Labute approximate surface area is 247 Å². The molecule has 0 saturated heterocycles. The molecule has 3 aromatic rings. The average molecular weight is 602 g/mol. The summed E-state index contributed by atoms with van der Waals surface area (Å²) >= 11 is 6.35. The van der Waals surface area contributed by atoms with Crippen LogP contribution >= 0.6 is 11.6 Å². The number of hydrogen-bond donors (Lipinski definition) is 1. The van der Waals surface area contributed by atoms with E-state index < -0.39 is 28.5 Å². The van der Waals surface area contributed by atoms with Gasteiger partial charge in [0.25, 0.3) is 10.0 Å². The van der Waals surface area contributed by atoms with Crippen LogP contribution in [0.2, 0.25) is 5.02 Å². The third-order valence-corrected chi connectivity index (χ3v) is 8.60. The standard InChI is InChI=1S/C30H36ClN3O6S/c1-5-6-17-32-30(36)22(2)33(20-23-11-10-12-25(18-23)39-3)29(35)21-34(24-15-16-28(40-4)27(31)19-24)41(37,38)26-13-8-7-9-14-26/h7-16,18-19,22H,5-6,17,20-21H2,1-4H3,(H,32,36)/t22-/m0/s1. The number of benzene rings is 3. The molecule has 0 aliphatic rings. The summed E-state index contributed by atoms with van der Waals surface area (Å²) in [5, 5.41) is 3.05. The first-order valence-electron chi connectivity index (χ1n) is 13.2. The van der Waals surface area contributed by atoms with Crippen molar-refractivity contribution in [3.05, 3.63) is 83.4 Å². The van der Waals surface area contributed by atoms with E-state index in [1.165, 1.54) is 49.5 Å². The Hall–Kier alpha value is -3.76. The van der Waals surface area contributed by atoms with Crippen LogP contribution in [0.25, 0.3) is 0 Å². The van der Waals surface area contributed by atoms with Crippen LogP contribution in [-0.2, 0) is 26.2 Å². The molecule has 2 amide bonds. The molecule has 0 saturated carbocycles. The van der Waals surface area contributed by atoms with Crippen LogP contribution in [0.5, 0.6) is 11.5 Å². The van der Waals surface area contributed by atoms with E-state index in [-0.39, 0.29) is 28.1 Å². The Bertz CT molecular complexity index is 1440. The van der Waals surface area contributed by atoms with Gasteiger partial charge in [-0.25, -0.2) is 8.42 Å². The predicted octanol–water partition coefficient (Wildman–Crippen LogP) is 4.89. The number of carbonyl (C=O) groups excluding carboxylic acids is 2. The monoisotopic (exact) mass is 601 g/mol. The molecule has 0 spiro atoms. The Morgan fingerprint density at radius 3 is 2.34 bits per heavy atom. The molecule has 3 rings (SSSR count). The normalized spacial score (nSPS) is 11.8. The van der Waals surface area contributed by atoms with E-state index in [1.54, 1.807) is 43.3 Å². The number of methoxy groups -OCH3 is 2. The number of nitrogens with one attached hydrogen (secondary N) is 1. The molecule has 1 atom stereocenters. The minimum absolute atomic E-state index is 0.00411. The van der Waals surface area contributed by atoms with Crippen molar-refractivity contribution in [2.45, 2.75) is 44.2 Å². The summed E-state index contributed by atoms with van der Waals surface area (Å²) in [5.74, 6) is 0.0454. The minimum Gasteiger partial charge on any atom is -0.497 e. The van der Waals surface area contributed by atoms with Crippen LogP contribution < -0.4 is 19.1 Å². The summed E-state index contributed by atoms with van der Waals surface area (Å²) in [5.41, 5.74) is 0.894. The second kappa shape index (κ2) is 14.7. The summed E-state index contributed by atoms with van der Waals surface area (Å²) in [6.07, 6.45) is 1.70. The van der Waals surface area contributed by atoms with Crippen molar-refractivity contribution in [2.24, 2.45) is 0 Å². The van der Waals surface area contributed by atoms with Gasteiger partial charge < -0.3 is 19.7 Å². The van der Waals surface area contributed by atoms with Gasteiger partial charge in [-0.15, -0.1) is 0 Å². The number of rotatable bonds is 14. The lowest BCUT2D eigenvalue weighted by Crippen LogP contribution is -2.51. The van der Waals surface area contributed by atoms with E-state index in [4.69, 9.17) is 21.1 Å². The number of halogens is 1. The zero-order valence-corrected chi connectivity index (χ0v) is 25.2. The number of anilines is 1. The van der Waals surface area contributed by atoms with Gasteiger partial charge in [0.2, 0.25) is 11.8 Å². The molecule has 3 aromatic carbocycles. The molecule has 9 nitrogen and oxygen atoms in total. The number of hydrogen-bond acceptors (Lipinski definition) is 6. The average Bonchev–Trinajstić information content (AvgIpc) is 2.98. The second-order valence-corrected chi connectivity index (χ2v) is 11.6. The zero-order chi connectivity index (χ0) is 30.0. The van der Waals surface area contributed by atoms with Crippen molar-refractivity contribution < 1.29 is 27.5 Å². The zero-order valence-electron chi connectivity index (χ0n) is 23.7. The van der Waals surface area contributed by atoms with Crippen molar-refractivity contribution in [2.75, 3.05) is 31.6 Å². The number of carbonyl (C=O) groups is 2. The molecule has 1 N–H and O–H groups in total. The summed E-state index contributed by atoms with van der Waals surface area (Å²) in [4.78, 5) is 28.4. The van der Waals surface area contributed by atoms with E-state index >= 15 is 0 Å². The number of nitrogens with zero attached hydrogens (tertiary/aromatic N) is 2. The van der Waals surface area contributed by atoms with Gasteiger partial charge in [0.15, 0.2) is 0 Å². The number of unbranched alkanes of at least 4 members (excludes halogenated alkanes) is 1. The SMILES string of the molecule is CCCCNC(=O)[C@H](C)N(Cc1cccc(OC)c1)C(=O)CN(c1ccc(OC)c(Cl)c1)S(=O)(=O)c1ccccc1. The maximum absolute atomic E-state index is 14.0. The van der Waals surface area contributed by atoms with Crippen LogP contribution in [-0.4, -0.2) is 58.5 Å². The lowest BCUT2D eigenvalue weighted by atomic mass is 10.1. The van der Waals surface area contributed by atoms with Crippen LogP contribution in [0, 0.1) is 0 Å². The highest BCUT2D eigenvalue weighted by Crippen LogP contribution is 2.32. The Morgan fingerprint density at radius 1 is 0.976 bits per heavy atom. The van der Waals surface area contributed by atoms with Crippen molar-refractivity contribution >= 4 is 39.1 Å². The van der Waals surface area contributed by atoms with Crippen molar-refractivity contribution in [1.82, 2.24) is 10.2 Å². The number of amides is 2. The molecule has 41 heavy (non-hydrogen) atoms. The predicted molar refractivity (Wildman–Crippen MR) is 160 cm³/mol. The lowest BCUT2D eigenvalue weighted by Gasteiger charge is -2.32. The van der Waals surface area contributed by atoms with E-state index in [0.29, 0.717) is 18.0 Å². The van der Waals surface area contributed by atoms with E-state index in [9.17, 15) is 18.0 Å². The molecule has 0 heterocycles. The maximum atomic E-state index is 14.0. The quantitative estimate of drug-likeness (QED) is 0.264. The highest BCUT2D eigenvalue weighted by molar-refractivity contribution is 7.92. The molecule has 0 aromatic heterocycles. The van der Waals surface area contributed by atoms with Gasteiger partial charge in [-0.1, -0.05) is 55.3 Å².